The number of nitrogens with zero attached hydrogens (tertiary/aromatic N) is 1. The molecule has 1 fully saturated rings. The second-order valence-corrected chi connectivity index (χ2v) is 4.82. The zero-order valence-corrected chi connectivity index (χ0v) is 12.1. The van der Waals surface area contributed by atoms with E-state index in [0.29, 0.717) is 31.1 Å². The van der Waals surface area contributed by atoms with Crippen molar-refractivity contribution in [1.29, 1.82) is 0 Å². The van der Waals surface area contributed by atoms with E-state index in [2.05, 4.69) is 0 Å². The Balaban J connectivity index is 2.11. The summed E-state index contributed by atoms with van der Waals surface area (Å²) in [4.78, 5) is 25.6. The third kappa shape index (κ3) is 3.80. The molecule has 6 heteroatoms. The largest absolute Gasteiger partial charge is 0.493 e. The molecule has 1 aromatic carbocycles. The summed E-state index contributed by atoms with van der Waals surface area (Å²) < 4.78 is 10.7. The predicted octanol–water partition coefficient (Wildman–Crippen LogP) is 0.454. The van der Waals surface area contributed by atoms with Gasteiger partial charge in [-0.2, -0.15) is 0 Å². The molecule has 1 saturated heterocycles. The van der Waals surface area contributed by atoms with Crippen LogP contribution in [0.2, 0.25) is 0 Å². The van der Waals surface area contributed by atoms with Gasteiger partial charge in [0.05, 0.1) is 31.9 Å². The Morgan fingerprint density at radius 2 is 2.19 bits per heavy atom. The summed E-state index contributed by atoms with van der Waals surface area (Å²) in [5, 5.41) is 0. The monoisotopic (exact) mass is 292 g/mol. The number of para-hydroxylation sites is 1. The lowest BCUT2D eigenvalue weighted by atomic mass is 10.1. The number of Topliss-reactive ketones (excluding diaryl/α,β-unsaturated/α-hetero) is 1. The summed E-state index contributed by atoms with van der Waals surface area (Å²) in [6.45, 7) is 3.72. The molecule has 1 aliphatic rings. The summed E-state index contributed by atoms with van der Waals surface area (Å²) in [5.74, 6) is 0.00155. The third-order valence-corrected chi connectivity index (χ3v) is 3.40. The zero-order chi connectivity index (χ0) is 15.2. The number of nitrogens with two attached hydrogens (primary N) is 1. The van der Waals surface area contributed by atoms with Crippen molar-refractivity contribution in [2.75, 3.05) is 32.9 Å². The van der Waals surface area contributed by atoms with Crippen molar-refractivity contribution in [1.82, 2.24) is 4.90 Å². The molecule has 1 aliphatic heterocycles. The Kier molecular flexibility index (Phi) is 5.30. The molecule has 1 amide bonds. The van der Waals surface area contributed by atoms with Crippen LogP contribution >= 0.6 is 0 Å². The van der Waals surface area contributed by atoms with Gasteiger partial charge in [0, 0.05) is 6.54 Å². The molecule has 1 atom stereocenters. The number of hydrogen-bond donors (Lipinski definition) is 1. The summed E-state index contributed by atoms with van der Waals surface area (Å²) in [7, 11) is 0. The number of morpholine rings is 1. The fourth-order valence-corrected chi connectivity index (χ4v) is 2.34. The van der Waals surface area contributed by atoms with Crippen LogP contribution in [0.1, 0.15) is 17.3 Å². The van der Waals surface area contributed by atoms with Crippen LogP contribution in [0.4, 0.5) is 0 Å². The highest BCUT2D eigenvalue weighted by atomic mass is 16.5. The van der Waals surface area contributed by atoms with E-state index in [1.165, 1.54) is 0 Å². The van der Waals surface area contributed by atoms with E-state index in [-0.39, 0.29) is 18.9 Å². The minimum atomic E-state index is -0.554. The van der Waals surface area contributed by atoms with Crippen molar-refractivity contribution in [3.05, 3.63) is 29.8 Å². The van der Waals surface area contributed by atoms with E-state index in [1.807, 2.05) is 13.0 Å². The van der Waals surface area contributed by atoms with Crippen LogP contribution in [-0.4, -0.2) is 55.5 Å². The molecule has 114 valence electrons. The van der Waals surface area contributed by atoms with Gasteiger partial charge in [0.25, 0.3) is 0 Å². The maximum atomic E-state index is 12.5. The molecule has 21 heavy (non-hydrogen) atoms. The normalized spacial score (nSPS) is 19.2. The van der Waals surface area contributed by atoms with Crippen LogP contribution in [0, 0.1) is 0 Å². The van der Waals surface area contributed by atoms with Gasteiger partial charge in [-0.25, -0.2) is 0 Å². The second-order valence-electron chi connectivity index (χ2n) is 4.82. The average Bonchev–Trinajstić information content (AvgIpc) is 2.48. The molecule has 0 saturated carbocycles. The Hall–Kier alpha value is -1.92. The highest BCUT2D eigenvalue weighted by Crippen LogP contribution is 2.19. The standard InChI is InChI=1S/C15H20N2O4/c1-2-21-14-6-4-3-5-11(14)13(18)9-17-7-8-20-10-12(17)15(16)19/h3-6,12H,2,7-10H2,1H3,(H2,16,19). The molecule has 0 aromatic heterocycles. The van der Waals surface area contributed by atoms with E-state index < -0.39 is 11.9 Å². The summed E-state index contributed by atoms with van der Waals surface area (Å²) >= 11 is 0. The van der Waals surface area contributed by atoms with Gasteiger partial charge in [-0.3, -0.25) is 14.5 Å². The minimum Gasteiger partial charge on any atom is -0.493 e. The first kappa shape index (κ1) is 15.5. The highest BCUT2D eigenvalue weighted by molar-refractivity contribution is 6.00. The van der Waals surface area contributed by atoms with E-state index in [9.17, 15) is 9.59 Å². The number of ether oxygens (including phenoxy) is 2. The van der Waals surface area contributed by atoms with Crippen molar-refractivity contribution in [3.63, 3.8) is 0 Å². The molecule has 2 rings (SSSR count). The number of hydrogen-bond acceptors (Lipinski definition) is 5. The van der Waals surface area contributed by atoms with Crippen molar-refractivity contribution >= 4 is 11.7 Å². The lowest BCUT2D eigenvalue weighted by Gasteiger charge is -2.32. The minimum absolute atomic E-state index is 0.0906. The molecule has 0 aliphatic carbocycles. The van der Waals surface area contributed by atoms with E-state index in [1.54, 1.807) is 23.1 Å². The number of benzene rings is 1. The quantitative estimate of drug-likeness (QED) is 0.770. The van der Waals surface area contributed by atoms with Gasteiger partial charge >= 0.3 is 0 Å². The number of primary amides is 1. The van der Waals surface area contributed by atoms with Crippen LogP contribution in [0.25, 0.3) is 0 Å². The van der Waals surface area contributed by atoms with Crippen LogP contribution in [-0.2, 0) is 9.53 Å². The molecule has 0 bridgehead atoms. The lowest BCUT2D eigenvalue weighted by molar-refractivity contribution is -0.128. The maximum absolute atomic E-state index is 12.5. The summed E-state index contributed by atoms with van der Waals surface area (Å²) in [6.07, 6.45) is 0. The van der Waals surface area contributed by atoms with Gasteiger partial charge in [-0.15, -0.1) is 0 Å². The smallest absolute Gasteiger partial charge is 0.237 e. The van der Waals surface area contributed by atoms with Crippen molar-refractivity contribution in [3.8, 4) is 5.75 Å². The molecular formula is C15H20N2O4. The fourth-order valence-electron chi connectivity index (χ4n) is 2.34. The van der Waals surface area contributed by atoms with Crippen molar-refractivity contribution in [2.24, 2.45) is 5.73 Å². The zero-order valence-electron chi connectivity index (χ0n) is 12.1. The molecule has 1 aromatic rings. The van der Waals surface area contributed by atoms with Crippen LogP contribution in [0.5, 0.6) is 5.75 Å². The predicted molar refractivity (Wildman–Crippen MR) is 77.3 cm³/mol. The molecule has 2 N–H and O–H groups in total. The van der Waals surface area contributed by atoms with Gasteiger partial charge in [0.2, 0.25) is 5.91 Å². The van der Waals surface area contributed by atoms with E-state index in [0.717, 1.165) is 0 Å². The summed E-state index contributed by atoms with van der Waals surface area (Å²) in [6, 6.07) is 6.56. The number of carbonyl (C=O) groups is 2. The Labute approximate surface area is 123 Å². The maximum Gasteiger partial charge on any atom is 0.237 e. The van der Waals surface area contributed by atoms with Crippen molar-refractivity contribution in [2.45, 2.75) is 13.0 Å². The van der Waals surface area contributed by atoms with Gasteiger partial charge < -0.3 is 15.2 Å². The van der Waals surface area contributed by atoms with Crippen molar-refractivity contribution < 1.29 is 19.1 Å². The number of ketones is 1. The molecular weight excluding hydrogens is 272 g/mol. The van der Waals surface area contributed by atoms with Crippen LogP contribution in [0.15, 0.2) is 24.3 Å². The lowest BCUT2D eigenvalue weighted by Crippen LogP contribution is -2.53. The molecule has 1 unspecified atom stereocenters. The van der Waals surface area contributed by atoms with Crippen LogP contribution in [0.3, 0.4) is 0 Å². The SMILES string of the molecule is CCOc1ccccc1C(=O)CN1CCOCC1C(N)=O. The topological polar surface area (TPSA) is 81.9 Å². The van der Waals surface area contributed by atoms with Gasteiger partial charge in [-0.1, -0.05) is 12.1 Å². The number of carbonyl (C=O) groups excluding carboxylic acids is 2. The Morgan fingerprint density at radius 1 is 1.43 bits per heavy atom. The molecule has 0 spiro atoms. The van der Waals surface area contributed by atoms with E-state index >= 15 is 0 Å². The molecule has 0 radical (unpaired) electrons. The third-order valence-electron chi connectivity index (χ3n) is 3.40. The summed E-state index contributed by atoms with van der Waals surface area (Å²) in [5.41, 5.74) is 5.88. The Bertz CT molecular complexity index is 518. The first-order valence-corrected chi connectivity index (χ1v) is 6.99. The number of rotatable bonds is 6. The van der Waals surface area contributed by atoms with Gasteiger partial charge in [0.1, 0.15) is 11.8 Å². The highest BCUT2D eigenvalue weighted by Gasteiger charge is 2.29. The van der Waals surface area contributed by atoms with Crippen LogP contribution < -0.4 is 10.5 Å². The van der Waals surface area contributed by atoms with Gasteiger partial charge in [0.15, 0.2) is 5.78 Å². The molecule has 6 nitrogen and oxygen atoms in total. The average molecular weight is 292 g/mol. The second kappa shape index (κ2) is 7.19. The van der Waals surface area contributed by atoms with E-state index in [4.69, 9.17) is 15.2 Å². The first-order valence-electron chi connectivity index (χ1n) is 6.99. The first-order chi connectivity index (χ1) is 10.1. The Morgan fingerprint density at radius 3 is 2.90 bits per heavy atom. The molecule has 1 heterocycles. The fraction of sp³-hybridized carbons (Fsp3) is 0.467. The van der Waals surface area contributed by atoms with Gasteiger partial charge in [-0.05, 0) is 19.1 Å². The number of amides is 1.